The first-order chi connectivity index (χ1) is 15.9. The lowest BCUT2D eigenvalue weighted by atomic mass is 10.2. The van der Waals surface area contributed by atoms with Gasteiger partial charge in [-0.05, 0) is 49.0 Å². The summed E-state index contributed by atoms with van der Waals surface area (Å²) in [5.41, 5.74) is 1.96. The summed E-state index contributed by atoms with van der Waals surface area (Å²) in [4.78, 5) is 8.88. The molecule has 176 valence electrons. The maximum absolute atomic E-state index is 10.5. The quantitative estimate of drug-likeness (QED) is 0.445. The Bertz CT molecular complexity index is 1120. The highest BCUT2D eigenvalue weighted by molar-refractivity contribution is 7.80. The molecule has 0 spiro atoms. The number of aromatic nitrogens is 1. The summed E-state index contributed by atoms with van der Waals surface area (Å²) in [5, 5.41) is 16.6. The molecule has 4 rings (SSSR count). The van der Waals surface area contributed by atoms with Crippen molar-refractivity contribution < 1.29 is 9.84 Å². The van der Waals surface area contributed by atoms with Crippen LogP contribution in [-0.2, 0) is 6.54 Å². The maximum atomic E-state index is 10.5. The molecule has 2 N–H and O–H groups in total. The van der Waals surface area contributed by atoms with Crippen LogP contribution in [-0.4, -0.2) is 70.4 Å². The van der Waals surface area contributed by atoms with E-state index in [0.717, 1.165) is 57.8 Å². The summed E-state index contributed by atoms with van der Waals surface area (Å²) in [6.45, 7) is 6.67. The second-order valence-electron chi connectivity index (χ2n) is 8.02. The smallest absolute Gasteiger partial charge is 0.169 e. The number of fused-ring (bicyclic) bond motifs is 1. The van der Waals surface area contributed by atoms with Crippen molar-refractivity contribution in [1.29, 1.82) is 0 Å². The average Bonchev–Trinajstić information content (AvgIpc) is 3.18. The molecule has 0 aliphatic carbocycles. The number of thiazole rings is 1. The second-order valence-corrected chi connectivity index (χ2v) is 10.5. The number of halogens is 2. The molecule has 1 aromatic heterocycles. The van der Waals surface area contributed by atoms with E-state index in [9.17, 15) is 5.11 Å². The molecule has 1 aliphatic rings. The molecule has 1 atom stereocenters. The van der Waals surface area contributed by atoms with Crippen molar-refractivity contribution in [1.82, 2.24) is 20.1 Å². The summed E-state index contributed by atoms with van der Waals surface area (Å²) in [5.74, 6) is 0.732. The third kappa shape index (κ3) is 6.68. The molecule has 0 amide bonds. The van der Waals surface area contributed by atoms with Crippen molar-refractivity contribution in [3.63, 3.8) is 0 Å². The van der Waals surface area contributed by atoms with E-state index in [1.54, 1.807) is 17.4 Å². The monoisotopic (exact) mass is 524 g/mol. The number of aryl methyl sites for hydroxylation is 1. The number of aliphatic hydroxyl groups is 1. The molecule has 0 radical (unpaired) electrons. The summed E-state index contributed by atoms with van der Waals surface area (Å²) in [6, 6.07) is 11.4. The number of nitrogens with one attached hydrogen (secondary N) is 1. The molecular formula is C23H26Cl2N4O2S2. The number of aliphatic hydroxyl groups excluding tert-OH is 1. The van der Waals surface area contributed by atoms with Crippen LogP contribution in [0.15, 0.2) is 36.4 Å². The minimum Gasteiger partial charge on any atom is -0.491 e. The zero-order chi connectivity index (χ0) is 23.4. The topological polar surface area (TPSA) is 60.9 Å². The van der Waals surface area contributed by atoms with Gasteiger partial charge in [-0.15, -0.1) is 11.3 Å². The Morgan fingerprint density at radius 2 is 1.97 bits per heavy atom. The molecule has 0 bridgehead atoms. The number of nitrogens with zero attached hydrogens (tertiary/aromatic N) is 3. The Hall–Kier alpha value is -1.68. The summed E-state index contributed by atoms with van der Waals surface area (Å²) in [7, 11) is 0. The summed E-state index contributed by atoms with van der Waals surface area (Å²) >= 11 is 19.3. The van der Waals surface area contributed by atoms with Crippen LogP contribution in [0.1, 0.15) is 10.6 Å². The first kappa shape index (κ1) is 24.4. The Morgan fingerprint density at radius 1 is 1.18 bits per heavy atom. The van der Waals surface area contributed by atoms with Crippen LogP contribution in [0.4, 0.5) is 0 Å². The Kier molecular flexibility index (Phi) is 8.27. The van der Waals surface area contributed by atoms with Crippen molar-refractivity contribution in [3.05, 3.63) is 57.0 Å². The van der Waals surface area contributed by atoms with Gasteiger partial charge >= 0.3 is 0 Å². The van der Waals surface area contributed by atoms with E-state index in [0.29, 0.717) is 23.1 Å². The number of hydrogen-bond donors (Lipinski definition) is 2. The van der Waals surface area contributed by atoms with E-state index in [1.807, 2.05) is 37.3 Å². The number of hydrogen-bond acceptors (Lipinski definition) is 6. The van der Waals surface area contributed by atoms with Crippen LogP contribution >= 0.6 is 46.8 Å². The third-order valence-electron chi connectivity index (χ3n) is 5.46. The first-order valence-electron chi connectivity index (χ1n) is 10.7. The fraction of sp³-hybridized carbons (Fsp3) is 0.391. The largest absolute Gasteiger partial charge is 0.491 e. The lowest BCUT2D eigenvalue weighted by molar-refractivity contribution is 0.0555. The SMILES string of the molecule is Cc1nc2cc(OC[C@H](O)CN3CCN(C(=S)NCc4ccc(Cl)c(Cl)c4)CC3)ccc2s1. The Morgan fingerprint density at radius 3 is 2.73 bits per heavy atom. The molecule has 1 aliphatic heterocycles. The second kappa shape index (κ2) is 11.2. The first-order valence-corrected chi connectivity index (χ1v) is 12.7. The van der Waals surface area contributed by atoms with Crippen LogP contribution in [0, 0.1) is 6.92 Å². The molecule has 2 aromatic carbocycles. The van der Waals surface area contributed by atoms with E-state index >= 15 is 0 Å². The van der Waals surface area contributed by atoms with Crippen LogP contribution in [0.25, 0.3) is 10.2 Å². The molecule has 33 heavy (non-hydrogen) atoms. The van der Waals surface area contributed by atoms with Crippen LogP contribution in [0.2, 0.25) is 10.0 Å². The molecule has 6 nitrogen and oxygen atoms in total. The van der Waals surface area contributed by atoms with Gasteiger partial charge in [-0.3, -0.25) is 4.90 Å². The minimum atomic E-state index is -0.566. The molecule has 0 saturated carbocycles. The fourth-order valence-corrected chi connectivity index (χ4v) is 5.11. The van der Waals surface area contributed by atoms with Gasteiger partial charge in [0.25, 0.3) is 0 Å². The van der Waals surface area contributed by atoms with Crippen molar-refractivity contribution >= 4 is 62.1 Å². The van der Waals surface area contributed by atoms with E-state index in [-0.39, 0.29) is 6.61 Å². The maximum Gasteiger partial charge on any atom is 0.169 e. The highest BCUT2D eigenvalue weighted by Crippen LogP contribution is 2.25. The van der Waals surface area contributed by atoms with Crippen molar-refractivity contribution in [2.75, 3.05) is 39.3 Å². The van der Waals surface area contributed by atoms with Gasteiger partial charge in [0.15, 0.2) is 5.11 Å². The van der Waals surface area contributed by atoms with Crippen LogP contribution in [0.5, 0.6) is 5.75 Å². The van der Waals surface area contributed by atoms with Gasteiger partial charge in [-0.1, -0.05) is 29.3 Å². The third-order valence-corrected chi connectivity index (χ3v) is 7.56. The lowest BCUT2D eigenvalue weighted by Gasteiger charge is -2.37. The van der Waals surface area contributed by atoms with E-state index in [1.165, 1.54) is 0 Å². The summed E-state index contributed by atoms with van der Waals surface area (Å²) < 4.78 is 6.95. The van der Waals surface area contributed by atoms with Gasteiger partial charge in [0.1, 0.15) is 18.5 Å². The number of benzene rings is 2. The zero-order valence-electron chi connectivity index (χ0n) is 18.3. The van der Waals surface area contributed by atoms with E-state index in [4.69, 9.17) is 40.2 Å². The number of ether oxygens (including phenoxy) is 1. The molecule has 1 saturated heterocycles. The highest BCUT2D eigenvalue weighted by Gasteiger charge is 2.21. The van der Waals surface area contributed by atoms with Gasteiger partial charge in [0, 0.05) is 45.3 Å². The fourth-order valence-electron chi connectivity index (χ4n) is 3.73. The van der Waals surface area contributed by atoms with Crippen molar-refractivity contribution in [3.8, 4) is 5.75 Å². The van der Waals surface area contributed by atoms with Gasteiger partial charge in [0.2, 0.25) is 0 Å². The summed E-state index contributed by atoms with van der Waals surface area (Å²) in [6.07, 6.45) is -0.566. The molecule has 3 aromatic rings. The van der Waals surface area contributed by atoms with Crippen molar-refractivity contribution in [2.45, 2.75) is 19.6 Å². The lowest BCUT2D eigenvalue weighted by Crippen LogP contribution is -2.53. The predicted molar refractivity (Wildman–Crippen MR) is 140 cm³/mol. The Labute approximate surface area is 213 Å². The average molecular weight is 526 g/mol. The normalized spacial score (nSPS) is 15.6. The van der Waals surface area contributed by atoms with E-state index in [2.05, 4.69) is 20.1 Å². The molecule has 10 heteroatoms. The highest BCUT2D eigenvalue weighted by atomic mass is 35.5. The number of piperazine rings is 1. The number of β-amino-alcohol motifs (C(OH)–C–C–N with tert-alkyl or cyclic N) is 1. The van der Waals surface area contributed by atoms with Gasteiger partial charge < -0.3 is 20.1 Å². The van der Waals surface area contributed by atoms with Crippen LogP contribution < -0.4 is 10.1 Å². The van der Waals surface area contributed by atoms with Crippen LogP contribution in [0.3, 0.4) is 0 Å². The number of thiocarbonyl (C=S) groups is 1. The van der Waals surface area contributed by atoms with E-state index < -0.39 is 6.10 Å². The standard InChI is InChI=1S/C23H26Cl2N4O2S2/c1-15-27-21-11-18(3-5-22(21)33-15)31-14-17(30)13-28-6-8-29(9-7-28)23(32)26-12-16-2-4-19(24)20(25)10-16/h2-5,10-11,17,30H,6-9,12-14H2,1H3,(H,26,32)/t17-/m1/s1. The number of rotatable bonds is 7. The molecule has 0 unspecified atom stereocenters. The molecule has 2 heterocycles. The molecular weight excluding hydrogens is 499 g/mol. The zero-order valence-corrected chi connectivity index (χ0v) is 21.4. The van der Waals surface area contributed by atoms with Gasteiger partial charge in [0.05, 0.1) is 25.3 Å². The van der Waals surface area contributed by atoms with Gasteiger partial charge in [-0.25, -0.2) is 4.98 Å². The minimum absolute atomic E-state index is 0.248. The predicted octanol–water partition coefficient (Wildman–Crippen LogP) is 4.34. The Balaban J connectivity index is 1.17. The van der Waals surface area contributed by atoms with Gasteiger partial charge in [-0.2, -0.15) is 0 Å². The molecule has 1 fully saturated rings. The van der Waals surface area contributed by atoms with Crippen molar-refractivity contribution in [2.24, 2.45) is 0 Å².